The van der Waals surface area contributed by atoms with Crippen LogP contribution in [0.4, 0.5) is 0 Å². The van der Waals surface area contributed by atoms with Crippen LogP contribution in [0.15, 0.2) is 12.1 Å². The van der Waals surface area contributed by atoms with Crippen molar-refractivity contribution in [3.63, 3.8) is 0 Å². The highest BCUT2D eigenvalue weighted by molar-refractivity contribution is 7.19. The average Bonchev–Trinajstić information content (AvgIpc) is 2.39. The van der Waals surface area contributed by atoms with Gasteiger partial charge in [-0.2, -0.15) is 0 Å². The van der Waals surface area contributed by atoms with E-state index in [1.54, 1.807) is 11.3 Å². The van der Waals surface area contributed by atoms with Crippen molar-refractivity contribution < 1.29 is 0 Å². The lowest BCUT2D eigenvalue weighted by Gasteiger charge is -1.95. The van der Waals surface area contributed by atoms with Crippen molar-refractivity contribution in [2.75, 3.05) is 0 Å². The van der Waals surface area contributed by atoms with E-state index in [4.69, 9.17) is 11.6 Å². The van der Waals surface area contributed by atoms with Crippen molar-refractivity contribution >= 4 is 33.2 Å². The third-order valence-corrected chi connectivity index (χ3v) is 3.40. The zero-order valence-corrected chi connectivity index (χ0v) is 8.46. The van der Waals surface area contributed by atoms with Gasteiger partial charge in [0.2, 0.25) is 0 Å². The molecule has 0 aliphatic rings. The SMILES string of the molecule is Cc1nc2ccc(C)c(Cl)c2s1. The summed E-state index contributed by atoms with van der Waals surface area (Å²) in [5, 5.41) is 1.91. The van der Waals surface area contributed by atoms with E-state index >= 15 is 0 Å². The molecule has 0 spiro atoms. The molecule has 0 bridgehead atoms. The molecule has 1 aromatic heterocycles. The summed E-state index contributed by atoms with van der Waals surface area (Å²) in [6.07, 6.45) is 0. The first kappa shape index (κ1) is 8.02. The Morgan fingerprint density at radius 2 is 2.08 bits per heavy atom. The summed E-state index contributed by atoms with van der Waals surface area (Å²) >= 11 is 7.76. The predicted octanol–water partition coefficient (Wildman–Crippen LogP) is 3.57. The van der Waals surface area contributed by atoms with Gasteiger partial charge in [0.05, 0.1) is 20.2 Å². The maximum atomic E-state index is 6.11. The fourth-order valence-corrected chi connectivity index (χ4v) is 2.35. The molecule has 0 radical (unpaired) electrons. The predicted molar refractivity (Wildman–Crippen MR) is 54.1 cm³/mol. The number of fused-ring (bicyclic) bond motifs is 1. The Morgan fingerprint density at radius 1 is 1.33 bits per heavy atom. The summed E-state index contributed by atoms with van der Waals surface area (Å²) in [6.45, 7) is 4.01. The van der Waals surface area contributed by atoms with Crippen molar-refractivity contribution in [3.05, 3.63) is 27.7 Å². The normalized spacial score (nSPS) is 10.9. The molecular formula is C9H8ClNS. The van der Waals surface area contributed by atoms with Gasteiger partial charge in [0.25, 0.3) is 0 Å². The summed E-state index contributed by atoms with van der Waals surface area (Å²) < 4.78 is 1.11. The van der Waals surface area contributed by atoms with E-state index in [9.17, 15) is 0 Å². The van der Waals surface area contributed by atoms with Crippen molar-refractivity contribution in [1.82, 2.24) is 4.98 Å². The molecule has 0 aliphatic carbocycles. The maximum Gasteiger partial charge on any atom is 0.0908 e. The molecule has 1 heterocycles. The van der Waals surface area contributed by atoms with E-state index in [1.807, 2.05) is 26.0 Å². The summed E-state index contributed by atoms with van der Waals surface area (Å²) in [7, 11) is 0. The largest absolute Gasteiger partial charge is 0.241 e. The minimum absolute atomic E-state index is 0.845. The minimum Gasteiger partial charge on any atom is -0.241 e. The number of rotatable bonds is 0. The lowest BCUT2D eigenvalue weighted by molar-refractivity contribution is 1.34. The van der Waals surface area contributed by atoms with Gasteiger partial charge in [0, 0.05) is 0 Å². The highest BCUT2D eigenvalue weighted by Gasteiger charge is 2.05. The Morgan fingerprint density at radius 3 is 2.83 bits per heavy atom. The molecule has 1 aromatic carbocycles. The van der Waals surface area contributed by atoms with Gasteiger partial charge in [0.1, 0.15) is 0 Å². The van der Waals surface area contributed by atoms with Crippen LogP contribution in [0.1, 0.15) is 10.6 Å². The van der Waals surface area contributed by atoms with Crippen LogP contribution in [0.3, 0.4) is 0 Å². The molecule has 0 unspecified atom stereocenters. The Hall–Kier alpha value is -0.600. The third-order valence-electron chi connectivity index (χ3n) is 1.80. The van der Waals surface area contributed by atoms with Crippen LogP contribution >= 0.6 is 22.9 Å². The van der Waals surface area contributed by atoms with E-state index in [0.717, 1.165) is 25.8 Å². The van der Waals surface area contributed by atoms with Crippen LogP contribution < -0.4 is 0 Å². The maximum absolute atomic E-state index is 6.11. The second kappa shape index (κ2) is 2.71. The molecule has 62 valence electrons. The van der Waals surface area contributed by atoms with E-state index in [2.05, 4.69) is 4.98 Å². The molecular weight excluding hydrogens is 190 g/mol. The second-order valence-corrected chi connectivity index (χ2v) is 4.36. The summed E-state index contributed by atoms with van der Waals surface area (Å²) in [5.74, 6) is 0. The number of aromatic nitrogens is 1. The summed E-state index contributed by atoms with van der Waals surface area (Å²) in [6, 6.07) is 4.02. The average molecular weight is 198 g/mol. The van der Waals surface area contributed by atoms with Gasteiger partial charge in [-0.3, -0.25) is 0 Å². The van der Waals surface area contributed by atoms with Crippen LogP contribution in [0.5, 0.6) is 0 Å². The molecule has 0 fully saturated rings. The highest BCUT2D eigenvalue weighted by Crippen LogP contribution is 2.31. The molecule has 0 saturated heterocycles. The first-order chi connectivity index (χ1) is 5.68. The van der Waals surface area contributed by atoms with Crippen molar-refractivity contribution in [1.29, 1.82) is 0 Å². The van der Waals surface area contributed by atoms with Gasteiger partial charge in [-0.25, -0.2) is 4.98 Å². The van der Waals surface area contributed by atoms with E-state index in [-0.39, 0.29) is 0 Å². The molecule has 3 heteroatoms. The molecule has 12 heavy (non-hydrogen) atoms. The number of thiazole rings is 1. The van der Waals surface area contributed by atoms with Crippen LogP contribution in [0.2, 0.25) is 5.02 Å². The molecule has 0 atom stereocenters. The minimum atomic E-state index is 0.845. The molecule has 0 saturated carbocycles. The summed E-state index contributed by atoms with van der Waals surface area (Å²) in [5.41, 5.74) is 2.13. The number of hydrogen-bond donors (Lipinski definition) is 0. The molecule has 2 rings (SSSR count). The zero-order valence-electron chi connectivity index (χ0n) is 6.89. The van der Waals surface area contributed by atoms with Crippen LogP contribution in [-0.4, -0.2) is 4.98 Å². The Bertz CT molecular complexity index is 433. The quantitative estimate of drug-likeness (QED) is 0.629. The fourth-order valence-electron chi connectivity index (χ4n) is 1.17. The van der Waals surface area contributed by atoms with Gasteiger partial charge in [-0.1, -0.05) is 17.7 Å². The number of benzene rings is 1. The fraction of sp³-hybridized carbons (Fsp3) is 0.222. The Balaban J connectivity index is 2.89. The molecule has 0 N–H and O–H groups in total. The zero-order chi connectivity index (χ0) is 8.72. The van der Waals surface area contributed by atoms with Gasteiger partial charge in [0.15, 0.2) is 0 Å². The van der Waals surface area contributed by atoms with Gasteiger partial charge in [-0.05, 0) is 25.5 Å². The number of halogens is 1. The first-order valence-corrected chi connectivity index (χ1v) is 4.90. The van der Waals surface area contributed by atoms with Crippen LogP contribution in [-0.2, 0) is 0 Å². The number of aryl methyl sites for hydroxylation is 2. The monoisotopic (exact) mass is 197 g/mol. The number of hydrogen-bond acceptors (Lipinski definition) is 2. The highest BCUT2D eigenvalue weighted by atomic mass is 35.5. The van der Waals surface area contributed by atoms with E-state index in [0.29, 0.717) is 0 Å². The van der Waals surface area contributed by atoms with Crippen molar-refractivity contribution in [2.24, 2.45) is 0 Å². The van der Waals surface area contributed by atoms with Crippen LogP contribution in [0.25, 0.3) is 10.2 Å². The molecule has 2 aromatic rings. The smallest absolute Gasteiger partial charge is 0.0908 e. The topological polar surface area (TPSA) is 12.9 Å². The Labute approximate surface area is 80.0 Å². The summed E-state index contributed by atoms with van der Waals surface area (Å²) in [4.78, 5) is 4.35. The first-order valence-electron chi connectivity index (χ1n) is 3.71. The van der Waals surface area contributed by atoms with Gasteiger partial charge < -0.3 is 0 Å². The Kier molecular flexibility index (Phi) is 1.81. The van der Waals surface area contributed by atoms with Crippen molar-refractivity contribution in [3.8, 4) is 0 Å². The molecule has 0 aliphatic heterocycles. The lowest BCUT2D eigenvalue weighted by atomic mass is 10.2. The van der Waals surface area contributed by atoms with Gasteiger partial charge >= 0.3 is 0 Å². The van der Waals surface area contributed by atoms with Crippen LogP contribution in [0, 0.1) is 13.8 Å². The molecule has 1 nitrogen and oxygen atoms in total. The van der Waals surface area contributed by atoms with Gasteiger partial charge in [-0.15, -0.1) is 11.3 Å². The standard InChI is InChI=1S/C9H8ClNS/c1-5-3-4-7-9(8(5)10)12-6(2)11-7/h3-4H,1-2H3. The number of nitrogens with zero attached hydrogens (tertiary/aromatic N) is 1. The molecule has 0 amide bonds. The van der Waals surface area contributed by atoms with Crippen molar-refractivity contribution in [2.45, 2.75) is 13.8 Å². The van der Waals surface area contributed by atoms with E-state index < -0.39 is 0 Å². The lowest BCUT2D eigenvalue weighted by Crippen LogP contribution is -1.74. The van der Waals surface area contributed by atoms with E-state index in [1.165, 1.54) is 0 Å². The second-order valence-electron chi connectivity index (χ2n) is 2.78. The third kappa shape index (κ3) is 1.11.